The molecular weight excluding hydrogens is 230 g/mol. The van der Waals surface area contributed by atoms with Gasteiger partial charge in [0.2, 0.25) is 5.91 Å². The molecule has 1 fully saturated rings. The molecule has 0 aliphatic heterocycles. The molecule has 0 atom stereocenters. The van der Waals surface area contributed by atoms with E-state index in [0.29, 0.717) is 11.6 Å². The van der Waals surface area contributed by atoms with Crippen LogP contribution in [0, 0.1) is 0 Å². The minimum Gasteiger partial charge on any atom is -0.478 e. The minimum atomic E-state index is -0.935. The summed E-state index contributed by atoms with van der Waals surface area (Å²) < 4.78 is 0. The number of carbonyl (C=O) groups is 2. The van der Waals surface area contributed by atoms with Crippen LogP contribution in [0.1, 0.15) is 46.0 Å². The highest BCUT2D eigenvalue weighted by atomic mass is 16.4. The summed E-state index contributed by atoms with van der Waals surface area (Å²) in [5.41, 5.74) is 0.788. The zero-order valence-corrected chi connectivity index (χ0v) is 11.3. The normalized spacial score (nSPS) is 15.0. The molecule has 0 saturated heterocycles. The van der Waals surface area contributed by atoms with Crippen molar-refractivity contribution >= 4 is 11.9 Å². The lowest BCUT2D eigenvalue weighted by Gasteiger charge is -2.22. The lowest BCUT2D eigenvalue weighted by Crippen LogP contribution is -2.36. The molecule has 4 nitrogen and oxygen atoms in total. The zero-order chi connectivity index (χ0) is 14.1. The van der Waals surface area contributed by atoms with Crippen molar-refractivity contribution in [3.8, 4) is 0 Å². The lowest BCUT2D eigenvalue weighted by molar-refractivity contribution is -0.132. The second-order valence-corrected chi connectivity index (χ2v) is 4.67. The van der Waals surface area contributed by atoms with Gasteiger partial charge in [-0.3, -0.25) is 4.79 Å². The predicted molar refractivity (Wildman–Crippen MR) is 72.3 cm³/mol. The molecule has 0 aromatic rings. The first-order chi connectivity index (χ1) is 8.34. The van der Waals surface area contributed by atoms with E-state index in [1.165, 1.54) is 26.2 Å². The molecule has 4 heteroatoms. The Labute approximate surface area is 109 Å². The first kappa shape index (κ1) is 16.4. The van der Waals surface area contributed by atoms with Crippen molar-refractivity contribution in [3.05, 3.63) is 24.3 Å². The number of hydrogen-bond acceptors (Lipinski definition) is 2. The lowest BCUT2D eigenvalue weighted by atomic mass is 9.95. The van der Waals surface area contributed by atoms with Crippen LogP contribution in [-0.2, 0) is 9.59 Å². The highest BCUT2D eigenvalue weighted by Gasteiger charge is 2.15. The van der Waals surface area contributed by atoms with Gasteiger partial charge in [-0.2, -0.15) is 0 Å². The van der Waals surface area contributed by atoms with E-state index in [2.05, 4.69) is 18.5 Å². The number of carboxylic acids is 1. The molecule has 0 aromatic heterocycles. The Balaban J connectivity index is 0.000000411. The van der Waals surface area contributed by atoms with Crippen LogP contribution < -0.4 is 5.32 Å². The molecule has 102 valence electrons. The van der Waals surface area contributed by atoms with Gasteiger partial charge in [-0.1, -0.05) is 32.4 Å². The average Bonchev–Trinajstić information content (AvgIpc) is 2.30. The molecule has 0 radical (unpaired) electrons. The number of carbonyl (C=O) groups excluding carboxylic acids is 1. The fraction of sp³-hybridized carbons (Fsp3) is 0.571. The number of rotatable bonds is 3. The third-order valence-electron chi connectivity index (χ3n) is 2.69. The summed E-state index contributed by atoms with van der Waals surface area (Å²) >= 11 is 0. The van der Waals surface area contributed by atoms with Crippen LogP contribution in [0.25, 0.3) is 0 Å². The van der Waals surface area contributed by atoms with Crippen molar-refractivity contribution in [1.82, 2.24) is 5.32 Å². The number of carboxylic acid groups (broad SMARTS) is 1. The molecule has 1 aliphatic rings. The van der Waals surface area contributed by atoms with Crippen molar-refractivity contribution in [3.63, 3.8) is 0 Å². The standard InChI is InChI=1S/C10H17NO.C4H6O2/c1-8(2)10(12)11-9-6-4-3-5-7-9;1-3(2)4(5)6/h9H,1,3-7H2,2H3,(H,11,12);1H2,2H3,(H,5,6). The largest absolute Gasteiger partial charge is 0.478 e. The van der Waals surface area contributed by atoms with Gasteiger partial charge in [-0.25, -0.2) is 4.79 Å². The van der Waals surface area contributed by atoms with Gasteiger partial charge < -0.3 is 10.4 Å². The molecule has 18 heavy (non-hydrogen) atoms. The van der Waals surface area contributed by atoms with Crippen LogP contribution in [-0.4, -0.2) is 23.0 Å². The highest BCUT2D eigenvalue weighted by molar-refractivity contribution is 5.92. The van der Waals surface area contributed by atoms with Crippen molar-refractivity contribution in [1.29, 1.82) is 0 Å². The van der Waals surface area contributed by atoms with Gasteiger partial charge in [-0.15, -0.1) is 0 Å². The molecule has 1 aliphatic carbocycles. The van der Waals surface area contributed by atoms with E-state index in [-0.39, 0.29) is 11.5 Å². The van der Waals surface area contributed by atoms with Crippen LogP contribution in [0.4, 0.5) is 0 Å². The summed E-state index contributed by atoms with van der Waals surface area (Å²) in [5, 5.41) is 10.9. The van der Waals surface area contributed by atoms with E-state index < -0.39 is 5.97 Å². The molecular formula is C14H23NO3. The van der Waals surface area contributed by atoms with Crippen LogP contribution in [0.15, 0.2) is 24.3 Å². The second-order valence-electron chi connectivity index (χ2n) is 4.67. The number of amides is 1. The van der Waals surface area contributed by atoms with Crippen molar-refractivity contribution in [2.45, 2.75) is 52.0 Å². The predicted octanol–water partition coefficient (Wildman–Crippen LogP) is 2.66. The van der Waals surface area contributed by atoms with Gasteiger partial charge in [0.05, 0.1) is 0 Å². The maximum absolute atomic E-state index is 11.2. The SMILES string of the molecule is C=C(C)C(=O)NC1CCCCC1.C=C(C)C(=O)O. The van der Waals surface area contributed by atoms with Crippen LogP contribution in [0.2, 0.25) is 0 Å². The third kappa shape index (κ3) is 7.65. The van der Waals surface area contributed by atoms with Gasteiger partial charge in [0, 0.05) is 17.2 Å². The van der Waals surface area contributed by atoms with E-state index in [9.17, 15) is 9.59 Å². The smallest absolute Gasteiger partial charge is 0.330 e. The molecule has 0 unspecified atom stereocenters. The van der Waals surface area contributed by atoms with Crippen LogP contribution in [0.3, 0.4) is 0 Å². The Hall–Kier alpha value is -1.58. The molecule has 1 saturated carbocycles. The van der Waals surface area contributed by atoms with Crippen molar-refractivity contribution in [2.75, 3.05) is 0 Å². The highest BCUT2D eigenvalue weighted by Crippen LogP contribution is 2.17. The number of hydrogen-bond donors (Lipinski definition) is 2. The van der Waals surface area contributed by atoms with Gasteiger partial charge in [-0.05, 0) is 26.7 Å². The van der Waals surface area contributed by atoms with E-state index >= 15 is 0 Å². The fourth-order valence-electron chi connectivity index (χ4n) is 1.56. The summed E-state index contributed by atoms with van der Waals surface area (Å²) in [6, 6.07) is 0.406. The number of aliphatic carboxylic acids is 1. The summed E-state index contributed by atoms with van der Waals surface area (Å²) in [4.78, 5) is 20.8. The number of nitrogens with one attached hydrogen (secondary N) is 1. The second kappa shape index (κ2) is 8.50. The Morgan fingerprint density at radius 1 is 1.06 bits per heavy atom. The van der Waals surface area contributed by atoms with Crippen molar-refractivity contribution in [2.24, 2.45) is 0 Å². The Kier molecular flexibility index (Phi) is 7.76. The monoisotopic (exact) mass is 253 g/mol. The summed E-state index contributed by atoms with van der Waals surface area (Å²) in [5.74, 6) is -0.920. The van der Waals surface area contributed by atoms with Gasteiger partial charge in [0.15, 0.2) is 0 Å². The maximum atomic E-state index is 11.2. The molecule has 1 rings (SSSR count). The molecule has 0 spiro atoms. The topological polar surface area (TPSA) is 66.4 Å². The summed E-state index contributed by atoms with van der Waals surface area (Å²) in [7, 11) is 0. The van der Waals surface area contributed by atoms with Crippen LogP contribution in [0.5, 0.6) is 0 Å². The Morgan fingerprint density at radius 3 is 1.83 bits per heavy atom. The molecule has 0 aromatic carbocycles. The molecule has 0 bridgehead atoms. The molecule has 0 heterocycles. The quantitative estimate of drug-likeness (QED) is 0.760. The molecule has 2 N–H and O–H groups in total. The van der Waals surface area contributed by atoms with Crippen LogP contribution >= 0.6 is 0 Å². The van der Waals surface area contributed by atoms with Crippen molar-refractivity contribution < 1.29 is 14.7 Å². The summed E-state index contributed by atoms with van der Waals surface area (Å²) in [6.45, 7) is 9.96. The van der Waals surface area contributed by atoms with E-state index in [0.717, 1.165) is 12.8 Å². The van der Waals surface area contributed by atoms with E-state index in [1.807, 2.05) is 0 Å². The summed E-state index contributed by atoms with van der Waals surface area (Å²) in [6.07, 6.45) is 6.10. The zero-order valence-electron chi connectivity index (χ0n) is 11.3. The fourth-order valence-corrected chi connectivity index (χ4v) is 1.56. The first-order valence-corrected chi connectivity index (χ1v) is 6.19. The van der Waals surface area contributed by atoms with Gasteiger partial charge >= 0.3 is 5.97 Å². The Bertz CT molecular complexity index is 316. The third-order valence-corrected chi connectivity index (χ3v) is 2.69. The maximum Gasteiger partial charge on any atom is 0.330 e. The minimum absolute atomic E-state index is 0.0156. The Morgan fingerprint density at radius 2 is 1.50 bits per heavy atom. The van der Waals surface area contributed by atoms with E-state index in [1.54, 1.807) is 6.92 Å². The van der Waals surface area contributed by atoms with E-state index in [4.69, 9.17) is 5.11 Å². The average molecular weight is 253 g/mol. The van der Waals surface area contributed by atoms with Gasteiger partial charge in [0.25, 0.3) is 0 Å². The first-order valence-electron chi connectivity index (χ1n) is 6.19. The van der Waals surface area contributed by atoms with Gasteiger partial charge in [0.1, 0.15) is 0 Å². The molecule has 1 amide bonds.